The molecule has 0 N–H and O–H groups in total. The lowest BCUT2D eigenvalue weighted by atomic mass is 10.2. The van der Waals surface area contributed by atoms with Crippen molar-refractivity contribution in [2.75, 3.05) is 7.11 Å². The number of aromatic nitrogens is 2. The Labute approximate surface area is 83.9 Å². The average molecular weight is 196 g/mol. The highest BCUT2D eigenvalue weighted by Gasteiger charge is 2.17. The highest BCUT2D eigenvalue weighted by atomic mass is 16.5. The number of nitrogens with zero attached hydrogens (tertiary/aromatic N) is 2. The molecule has 78 valence electrons. The van der Waals surface area contributed by atoms with E-state index in [1.807, 2.05) is 0 Å². The van der Waals surface area contributed by atoms with Crippen molar-refractivity contribution >= 4 is 5.78 Å². The number of carbonyl (C=O) groups is 1. The standard InChI is InChI=1S/C10H16N2O2/c1-4-7-12-9(5-6-11-12)10(13)8(2)14-3/h5-6,8H,4,7H2,1-3H3. The van der Waals surface area contributed by atoms with Gasteiger partial charge in [-0.3, -0.25) is 9.48 Å². The molecular formula is C10H16N2O2. The van der Waals surface area contributed by atoms with Crippen LogP contribution >= 0.6 is 0 Å². The molecule has 0 bridgehead atoms. The zero-order valence-corrected chi connectivity index (χ0v) is 8.86. The zero-order valence-electron chi connectivity index (χ0n) is 8.86. The van der Waals surface area contributed by atoms with Gasteiger partial charge in [-0.1, -0.05) is 6.92 Å². The highest BCUT2D eigenvalue weighted by Crippen LogP contribution is 2.06. The normalized spacial score (nSPS) is 12.8. The molecule has 0 aliphatic heterocycles. The predicted molar refractivity (Wildman–Crippen MR) is 53.3 cm³/mol. The minimum atomic E-state index is -0.401. The third-order valence-electron chi connectivity index (χ3n) is 2.13. The van der Waals surface area contributed by atoms with Gasteiger partial charge in [-0.25, -0.2) is 0 Å². The molecule has 0 fully saturated rings. The molecule has 1 atom stereocenters. The maximum absolute atomic E-state index is 11.7. The highest BCUT2D eigenvalue weighted by molar-refractivity contribution is 5.97. The number of Topliss-reactive ketones (excluding diaryl/α,β-unsaturated/α-hetero) is 1. The molecule has 1 rings (SSSR count). The molecule has 1 heterocycles. The molecule has 0 saturated carbocycles. The van der Waals surface area contributed by atoms with Crippen LogP contribution in [0, 0.1) is 0 Å². The van der Waals surface area contributed by atoms with Gasteiger partial charge in [0.15, 0.2) is 0 Å². The van der Waals surface area contributed by atoms with Crippen LogP contribution < -0.4 is 0 Å². The molecule has 0 radical (unpaired) electrons. The van der Waals surface area contributed by atoms with Crippen molar-refractivity contribution in [1.29, 1.82) is 0 Å². The molecule has 4 heteroatoms. The summed E-state index contributed by atoms with van der Waals surface area (Å²) in [5.74, 6) is -0.0153. The number of ketones is 1. The van der Waals surface area contributed by atoms with Gasteiger partial charge in [-0.05, 0) is 19.4 Å². The molecule has 0 aromatic carbocycles. The summed E-state index contributed by atoms with van der Waals surface area (Å²) in [4.78, 5) is 11.7. The number of methoxy groups -OCH3 is 1. The molecular weight excluding hydrogens is 180 g/mol. The minimum Gasteiger partial charge on any atom is -0.374 e. The van der Waals surface area contributed by atoms with Gasteiger partial charge in [0, 0.05) is 19.9 Å². The zero-order chi connectivity index (χ0) is 10.6. The number of ether oxygens (including phenoxy) is 1. The van der Waals surface area contributed by atoms with Crippen LogP contribution in [0.3, 0.4) is 0 Å². The van der Waals surface area contributed by atoms with E-state index in [1.54, 1.807) is 23.9 Å². The van der Waals surface area contributed by atoms with Gasteiger partial charge in [0.2, 0.25) is 5.78 Å². The van der Waals surface area contributed by atoms with Crippen molar-refractivity contribution in [3.8, 4) is 0 Å². The Balaban J connectivity index is 2.83. The monoisotopic (exact) mass is 196 g/mol. The quantitative estimate of drug-likeness (QED) is 0.670. The van der Waals surface area contributed by atoms with Gasteiger partial charge in [0.1, 0.15) is 11.8 Å². The smallest absolute Gasteiger partial charge is 0.209 e. The molecule has 0 spiro atoms. The Bertz CT molecular complexity index is 307. The number of rotatable bonds is 5. The number of hydrogen-bond acceptors (Lipinski definition) is 3. The van der Waals surface area contributed by atoms with Crippen LogP contribution in [-0.4, -0.2) is 28.8 Å². The first-order valence-corrected chi connectivity index (χ1v) is 4.79. The molecule has 14 heavy (non-hydrogen) atoms. The maximum Gasteiger partial charge on any atom is 0.209 e. The van der Waals surface area contributed by atoms with Gasteiger partial charge < -0.3 is 4.74 Å². The number of hydrogen-bond donors (Lipinski definition) is 0. The van der Waals surface area contributed by atoms with Crippen molar-refractivity contribution in [3.63, 3.8) is 0 Å². The van der Waals surface area contributed by atoms with E-state index in [4.69, 9.17) is 4.74 Å². The molecule has 1 aromatic rings. The van der Waals surface area contributed by atoms with Gasteiger partial charge in [0.05, 0.1) is 0 Å². The van der Waals surface area contributed by atoms with Crippen molar-refractivity contribution in [2.45, 2.75) is 32.9 Å². The third-order valence-corrected chi connectivity index (χ3v) is 2.13. The fraction of sp³-hybridized carbons (Fsp3) is 0.600. The van der Waals surface area contributed by atoms with E-state index in [-0.39, 0.29) is 5.78 Å². The van der Waals surface area contributed by atoms with E-state index in [0.717, 1.165) is 13.0 Å². The molecule has 0 aliphatic carbocycles. The largest absolute Gasteiger partial charge is 0.374 e. The Hall–Kier alpha value is -1.16. The second kappa shape index (κ2) is 4.91. The van der Waals surface area contributed by atoms with Crippen LogP contribution in [0.2, 0.25) is 0 Å². The van der Waals surface area contributed by atoms with E-state index in [0.29, 0.717) is 5.69 Å². The molecule has 1 aromatic heterocycles. The van der Waals surface area contributed by atoms with Crippen LogP contribution in [-0.2, 0) is 11.3 Å². The third kappa shape index (κ3) is 2.20. The summed E-state index contributed by atoms with van der Waals surface area (Å²) in [6.07, 6.45) is 2.21. The summed E-state index contributed by atoms with van der Waals surface area (Å²) in [6.45, 7) is 4.56. The maximum atomic E-state index is 11.7. The fourth-order valence-corrected chi connectivity index (χ4v) is 1.25. The van der Waals surface area contributed by atoms with Crippen molar-refractivity contribution in [3.05, 3.63) is 18.0 Å². The molecule has 0 aliphatic rings. The Morgan fingerprint density at radius 3 is 3.00 bits per heavy atom. The van der Waals surface area contributed by atoms with Crippen molar-refractivity contribution in [2.24, 2.45) is 0 Å². The Morgan fingerprint density at radius 1 is 1.71 bits per heavy atom. The summed E-state index contributed by atoms with van der Waals surface area (Å²) < 4.78 is 6.70. The summed E-state index contributed by atoms with van der Waals surface area (Å²) in [5, 5.41) is 4.08. The summed E-state index contributed by atoms with van der Waals surface area (Å²) in [6, 6.07) is 1.73. The first-order valence-electron chi connectivity index (χ1n) is 4.79. The van der Waals surface area contributed by atoms with Crippen LogP contribution in [0.15, 0.2) is 12.3 Å². The molecule has 1 unspecified atom stereocenters. The second-order valence-corrected chi connectivity index (χ2v) is 3.18. The average Bonchev–Trinajstić information content (AvgIpc) is 2.64. The minimum absolute atomic E-state index is 0.0153. The van der Waals surface area contributed by atoms with Crippen LogP contribution in [0.5, 0.6) is 0 Å². The van der Waals surface area contributed by atoms with Crippen LogP contribution in [0.4, 0.5) is 0 Å². The summed E-state index contributed by atoms with van der Waals surface area (Å²) >= 11 is 0. The molecule has 4 nitrogen and oxygen atoms in total. The fourth-order valence-electron chi connectivity index (χ4n) is 1.25. The van der Waals surface area contributed by atoms with Crippen LogP contribution in [0.1, 0.15) is 30.8 Å². The lowest BCUT2D eigenvalue weighted by molar-refractivity contribution is 0.0644. The lowest BCUT2D eigenvalue weighted by Crippen LogP contribution is -2.22. The predicted octanol–water partition coefficient (Wildman–Crippen LogP) is 1.51. The summed E-state index contributed by atoms with van der Waals surface area (Å²) in [7, 11) is 1.53. The topological polar surface area (TPSA) is 44.1 Å². The second-order valence-electron chi connectivity index (χ2n) is 3.18. The van der Waals surface area contributed by atoms with E-state index >= 15 is 0 Å². The molecule has 0 amide bonds. The van der Waals surface area contributed by atoms with Crippen molar-refractivity contribution < 1.29 is 9.53 Å². The SMILES string of the molecule is CCCn1nccc1C(=O)C(C)OC. The van der Waals surface area contributed by atoms with Gasteiger partial charge in [-0.2, -0.15) is 5.10 Å². The first kappa shape index (κ1) is 10.9. The first-order chi connectivity index (χ1) is 6.70. The summed E-state index contributed by atoms with van der Waals surface area (Å²) in [5.41, 5.74) is 0.626. The van der Waals surface area contributed by atoms with Crippen molar-refractivity contribution in [1.82, 2.24) is 9.78 Å². The van der Waals surface area contributed by atoms with E-state index in [1.165, 1.54) is 7.11 Å². The van der Waals surface area contributed by atoms with E-state index in [2.05, 4.69) is 12.0 Å². The lowest BCUT2D eigenvalue weighted by Gasteiger charge is -2.09. The van der Waals surface area contributed by atoms with E-state index < -0.39 is 6.10 Å². The van der Waals surface area contributed by atoms with Gasteiger partial charge >= 0.3 is 0 Å². The molecule has 0 saturated heterocycles. The Morgan fingerprint density at radius 2 is 2.43 bits per heavy atom. The van der Waals surface area contributed by atoms with E-state index in [9.17, 15) is 4.79 Å². The van der Waals surface area contributed by atoms with Gasteiger partial charge in [0.25, 0.3) is 0 Å². The number of aryl methyl sites for hydroxylation is 1. The number of carbonyl (C=O) groups excluding carboxylic acids is 1. The van der Waals surface area contributed by atoms with Gasteiger partial charge in [-0.15, -0.1) is 0 Å². The Kier molecular flexibility index (Phi) is 3.83. The van der Waals surface area contributed by atoms with Crippen LogP contribution in [0.25, 0.3) is 0 Å².